The van der Waals surface area contributed by atoms with Crippen LogP contribution in [-0.4, -0.2) is 21.3 Å². The van der Waals surface area contributed by atoms with Crippen molar-refractivity contribution in [2.75, 3.05) is 0 Å². The van der Waals surface area contributed by atoms with E-state index in [9.17, 15) is 10.2 Å². The molecule has 0 spiro atoms. The summed E-state index contributed by atoms with van der Waals surface area (Å²) in [6.07, 6.45) is 0.785. The third-order valence-corrected chi connectivity index (χ3v) is 2.44. The first-order valence-corrected chi connectivity index (χ1v) is 4.82. The number of aliphatic hydroxyl groups is 2. The Labute approximate surface area is 92.4 Å². The Bertz CT molecular complexity index is 548. The molecule has 0 aliphatic carbocycles. The largest absolute Gasteiger partial charge is 0.385 e. The van der Waals surface area contributed by atoms with Gasteiger partial charge >= 0.3 is 0 Å². The second kappa shape index (κ2) is 4.27. The number of aromatic nitrogens is 1. The summed E-state index contributed by atoms with van der Waals surface area (Å²) >= 11 is 0. The highest BCUT2D eigenvalue weighted by atomic mass is 16.3. The summed E-state index contributed by atoms with van der Waals surface area (Å²) in [5.74, 6) is 0. The van der Waals surface area contributed by atoms with Crippen molar-refractivity contribution in [1.29, 1.82) is 5.26 Å². The van der Waals surface area contributed by atoms with E-state index in [4.69, 9.17) is 5.26 Å². The van der Waals surface area contributed by atoms with Crippen molar-refractivity contribution >= 4 is 10.8 Å². The lowest BCUT2D eigenvalue weighted by Gasteiger charge is -2.12. The Kier molecular flexibility index (Phi) is 2.82. The van der Waals surface area contributed by atoms with Crippen LogP contribution >= 0.6 is 0 Å². The van der Waals surface area contributed by atoms with Crippen molar-refractivity contribution in [1.82, 2.24) is 4.98 Å². The lowest BCUT2D eigenvalue weighted by Crippen LogP contribution is -2.15. The molecule has 1 aromatic heterocycles. The third kappa shape index (κ3) is 1.87. The Morgan fingerprint density at radius 3 is 2.75 bits per heavy atom. The van der Waals surface area contributed by atoms with Gasteiger partial charge in [-0.25, -0.2) is 0 Å². The lowest BCUT2D eigenvalue weighted by molar-refractivity contribution is 0.0529. The average molecular weight is 214 g/mol. The monoisotopic (exact) mass is 214 g/mol. The van der Waals surface area contributed by atoms with E-state index in [-0.39, 0.29) is 0 Å². The zero-order chi connectivity index (χ0) is 11.5. The Hall–Kier alpha value is -1.96. The van der Waals surface area contributed by atoms with Crippen molar-refractivity contribution in [2.45, 2.75) is 12.2 Å². The van der Waals surface area contributed by atoms with Crippen LogP contribution < -0.4 is 0 Å². The van der Waals surface area contributed by atoms with Crippen LogP contribution in [-0.2, 0) is 0 Å². The van der Waals surface area contributed by atoms with Crippen LogP contribution in [0, 0.1) is 11.3 Å². The molecule has 0 radical (unpaired) electrons. The number of fused-ring (bicyclic) bond motifs is 1. The van der Waals surface area contributed by atoms with Gasteiger partial charge in [-0.15, -0.1) is 0 Å². The van der Waals surface area contributed by atoms with Gasteiger partial charge in [-0.1, -0.05) is 12.1 Å². The van der Waals surface area contributed by atoms with E-state index in [1.807, 2.05) is 6.07 Å². The molecule has 0 bridgehead atoms. The minimum absolute atomic E-state index is 0.521. The van der Waals surface area contributed by atoms with E-state index < -0.39 is 12.2 Å². The molecule has 0 fully saturated rings. The number of benzene rings is 1. The van der Waals surface area contributed by atoms with Crippen LogP contribution in [0.3, 0.4) is 0 Å². The smallest absolute Gasteiger partial charge is 0.170 e. The highest BCUT2D eigenvalue weighted by molar-refractivity contribution is 5.82. The molecule has 4 heteroatoms. The van der Waals surface area contributed by atoms with E-state index >= 15 is 0 Å². The maximum atomic E-state index is 9.66. The van der Waals surface area contributed by atoms with E-state index in [1.165, 1.54) is 0 Å². The highest BCUT2D eigenvalue weighted by Crippen LogP contribution is 2.21. The molecule has 2 unspecified atom stereocenters. The van der Waals surface area contributed by atoms with E-state index in [0.717, 1.165) is 10.8 Å². The maximum absolute atomic E-state index is 9.66. The van der Waals surface area contributed by atoms with Gasteiger partial charge in [-0.3, -0.25) is 4.98 Å². The molecule has 0 saturated carbocycles. The molecular formula is C12H10N2O2. The molecule has 0 amide bonds. The molecule has 80 valence electrons. The minimum atomic E-state index is -1.40. The quantitative estimate of drug-likeness (QED) is 0.735. The number of pyridine rings is 1. The number of hydrogen-bond donors (Lipinski definition) is 2. The molecule has 1 aromatic carbocycles. The summed E-state index contributed by atoms with van der Waals surface area (Å²) in [4.78, 5) is 3.97. The second-order valence-corrected chi connectivity index (χ2v) is 3.50. The first kappa shape index (κ1) is 10.6. The molecule has 1 heterocycles. The topological polar surface area (TPSA) is 77.1 Å². The first-order chi connectivity index (χ1) is 7.72. The van der Waals surface area contributed by atoms with Crippen LogP contribution in [0.4, 0.5) is 0 Å². The van der Waals surface area contributed by atoms with E-state index in [0.29, 0.717) is 5.56 Å². The molecule has 16 heavy (non-hydrogen) atoms. The predicted octanol–water partition coefficient (Wildman–Crippen LogP) is 1.15. The standard InChI is InChI=1S/C12H10N2O2/c13-6-11(15)12(16)9-1-2-10-7-14-4-3-8(10)5-9/h1-5,7,11-12,15-16H. The van der Waals surface area contributed by atoms with Gasteiger partial charge in [0.25, 0.3) is 0 Å². The molecule has 0 aliphatic rings. The molecule has 0 aliphatic heterocycles. The van der Waals surface area contributed by atoms with Gasteiger partial charge < -0.3 is 10.2 Å². The zero-order valence-corrected chi connectivity index (χ0v) is 8.41. The summed E-state index contributed by atoms with van der Waals surface area (Å²) in [6, 6.07) is 8.63. The second-order valence-electron chi connectivity index (χ2n) is 3.50. The molecule has 4 nitrogen and oxygen atoms in total. The molecule has 2 N–H and O–H groups in total. The lowest BCUT2D eigenvalue weighted by atomic mass is 10.0. The minimum Gasteiger partial charge on any atom is -0.385 e. The normalized spacial score (nSPS) is 14.3. The molecule has 2 rings (SSSR count). The Morgan fingerprint density at radius 2 is 2.00 bits per heavy atom. The fraction of sp³-hybridized carbons (Fsp3) is 0.167. The Balaban J connectivity index is 2.44. The predicted molar refractivity (Wildman–Crippen MR) is 58.3 cm³/mol. The van der Waals surface area contributed by atoms with Crippen molar-refractivity contribution in [3.63, 3.8) is 0 Å². The summed E-state index contributed by atoms with van der Waals surface area (Å²) < 4.78 is 0. The molecule has 0 saturated heterocycles. The first-order valence-electron chi connectivity index (χ1n) is 4.82. The van der Waals surface area contributed by atoms with Gasteiger partial charge in [0.2, 0.25) is 0 Å². The fourth-order valence-electron chi connectivity index (χ4n) is 1.54. The number of nitriles is 1. The third-order valence-electron chi connectivity index (χ3n) is 2.44. The Morgan fingerprint density at radius 1 is 1.19 bits per heavy atom. The summed E-state index contributed by atoms with van der Waals surface area (Å²) in [5, 5.41) is 29.3. The molecule has 2 atom stereocenters. The van der Waals surface area contributed by atoms with Crippen LogP contribution in [0.5, 0.6) is 0 Å². The van der Waals surface area contributed by atoms with Gasteiger partial charge in [-0.05, 0) is 23.1 Å². The van der Waals surface area contributed by atoms with Crippen molar-refractivity contribution < 1.29 is 10.2 Å². The number of rotatable bonds is 2. The highest BCUT2D eigenvalue weighted by Gasteiger charge is 2.17. The maximum Gasteiger partial charge on any atom is 0.170 e. The average Bonchev–Trinajstić information content (AvgIpc) is 2.36. The van der Waals surface area contributed by atoms with Crippen molar-refractivity contribution in [3.05, 3.63) is 42.2 Å². The summed E-state index contributed by atoms with van der Waals surface area (Å²) in [6.45, 7) is 0. The van der Waals surface area contributed by atoms with Gasteiger partial charge in [0.15, 0.2) is 6.10 Å². The fourth-order valence-corrected chi connectivity index (χ4v) is 1.54. The van der Waals surface area contributed by atoms with Crippen molar-refractivity contribution in [3.8, 4) is 6.07 Å². The van der Waals surface area contributed by atoms with Crippen LogP contribution in [0.1, 0.15) is 11.7 Å². The zero-order valence-electron chi connectivity index (χ0n) is 8.41. The van der Waals surface area contributed by atoms with Crippen LogP contribution in [0.2, 0.25) is 0 Å². The van der Waals surface area contributed by atoms with Gasteiger partial charge in [0.05, 0.1) is 6.07 Å². The number of nitrogens with zero attached hydrogens (tertiary/aromatic N) is 2. The number of hydrogen-bond acceptors (Lipinski definition) is 4. The van der Waals surface area contributed by atoms with Crippen LogP contribution in [0.25, 0.3) is 10.8 Å². The van der Waals surface area contributed by atoms with Gasteiger partial charge in [-0.2, -0.15) is 5.26 Å². The summed E-state index contributed by atoms with van der Waals surface area (Å²) in [5.41, 5.74) is 0.521. The molecule has 2 aromatic rings. The van der Waals surface area contributed by atoms with Gasteiger partial charge in [0.1, 0.15) is 6.10 Å². The summed E-state index contributed by atoms with van der Waals surface area (Å²) in [7, 11) is 0. The van der Waals surface area contributed by atoms with E-state index in [1.54, 1.807) is 36.7 Å². The van der Waals surface area contributed by atoms with Gasteiger partial charge in [0, 0.05) is 17.8 Å². The van der Waals surface area contributed by atoms with Crippen LogP contribution in [0.15, 0.2) is 36.7 Å². The molecular weight excluding hydrogens is 204 g/mol. The SMILES string of the molecule is N#CC(O)C(O)c1ccc2cnccc2c1. The van der Waals surface area contributed by atoms with E-state index in [2.05, 4.69) is 4.98 Å². The number of aliphatic hydroxyl groups excluding tert-OH is 2. The van der Waals surface area contributed by atoms with Crippen molar-refractivity contribution in [2.24, 2.45) is 0 Å².